The summed E-state index contributed by atoms with van der Waals surface area (Å²) in [7, 11) is 6.57. The molecule has 1 aliphatic rings. The lowest BCUT2D eigenvalue weighted by Crippen LogP contribution is -2.31. The van der Waals surface area contributed by atoms with Crippen molar-refractivity contribution in [1.29, 1.82) is 5.26 Å². The molecule has 1 aromatic rings. The van der Waals surface area contributed by atoms with Crippen LogP contribution in [0.25, 0.3) is 0 Å². The number of benzene rings is 1. The molecular weight excluding hydrogens is 450 g/mol. The van der Waals surface area contributed by atoms with Crippen LogP contribution in [0.2, 0.25) is 0 Å². The normalized spacial score (nSPS) is 17.0. The Bertz CT molecular complexity index is 778. The third-order valence-corrected chi connectivity index (χ3v) is 7.39. The van der Waals surface area contributed by atoms with Crippen LogP contribution in [0.15, 0.2) is 22.4 Å². The lowest BCUT2D eigenvalue weighted by atomic mass is 9.69. The molecule has 0 amide bonds. The highest BCUT2D eigenvalue weighted by atomic mass is 35.5. The summed E-state index contributed by atoms with van der Waals surface area (Å²) in [5.74, 6) is 2.68. The molecule has 34 heavy (non-hydrogen) atoms. The van der Waals surface area contributed by atoms with Gasteiger partial charge < -0.3 is 14.2 Å². The van der Waals surface area contributed by atoms with Crippen LogP contribution in [0.4, 0.5) is 0 Å². The minimum absolute atomic E-state index is 0. The van der Waals surface area contributed by atoms with Crippen molar-refractivity contribution in [2.24, 2.45) is 22.1 Å². The number of methoxy groups -OCH3 is 3. The molecule has 0 aliphatic heterocycles. The van der Waals surface area contributed by atoms with Gasteiger partial charge in [0.2, 0.25) is 5.75 Å². The molecule has 192 valence electrons. The largest absolute Gasteiger partial charge is 0.493 e. The fourth-order valence-corrected chi connectivity index (χ4v) is 5.30. The quantitative estimate of drug-likeness (QED) is 0.266. The van der Waals surface area contributed by atoms with Crippen LogP contribution >= 0.6 is 12.4 Å². The molecule has 1 aliphatic carbocycles. The van der Waals surface area contributed by atoms with E-state index in [1.54, 1.807) is 28.4 Å². The third-order valence-electron chi connectivity index (χ3n) is 7.39. The van der Waals surface area contributed by atoms with Gasteiger partial charge in [0.05, 0.1) is 38.9 Å². The maximum Gasteiger partial charge on any atom is 0.203 e. The molecule has 0 bridgehead atoms. The summed E-state index contributed by atoms with van der Waals surface area (Å²) in [6.45, 7) is 4.22. The Hall–Kier alpha value is -2.00. The Morgan fingerprint density at radius 1 is 1.03 bits per heavy atom. The van der Waals surface area contributed by atoms with Gasteiger partial charge in [-0.3, -0.25) is 0 Å². The van der Waals surface area contributed by atoms with Crippen molar-refractivity contribution in [3.8, 4) is 23.3 Å². The number of hydrogen-bond acceptors (Lipinski definition) is 6. The van der Waals surface area contributed by atoms with E-state index in [-0.39, 0.29) is 24.4 Å². The molecule has 0 N–H and O–H groups in total. The van der Waals surface area contributed by atoms with Crippen molar-refractivity contribution in [2.45, 2.75) is 89.5 Å². The summed E-state index contributed by atoms with van der Waals surface area (Å²) in [4.78, 5) is 0. The monoisotopic (exact) mass is 493 g/mol. The Balaban J connectivity index is 0.00000578. The standard InChI is InChI=1S/C27H43N3O3.ClH/c1-20(2)27(19-28,22-17-24(31-4)26(33-6)25(18-22)32-5)16-10-13-23(30-29-3)15-14-21-11-8-7-9-12-21;/h17-18,20-21,23H,7-16H2,1-6H3;1H/t23-,27?;/m1./s1. The summed E-state index contributed by atoms with van der Waals surface area (Å²) >= 11 is 0. The first-order valence-corrected chi connectivity index (χ1v) is 12.5. The topological polar surface area (TPSA) is 76.2 Å². The highest BCUT2D eigenvalue weighted by Gasteiger charge is 2.37. The predicted octanol–water partition coefficient (Wildman–Crippen LogP) is 7.53. The first-order chi connectivity index (χ1) is 15.9. The van der Waals surface area contributed by atoms with Crippen LogP contribution in [-0.4, -0.2) is 34.4 Å². The molecule has 1 aromatic carbocycles. The third kappa shape index (κ3) is 7.50. The van der Waals surface area contributed by atoms with Gasteiger partial charge in [0.15, 0.2) is 11.5 Å². The minimum Gasteiger partial charge on any atom is -0.493 e. The Morgan fingerprint density at radius 2 is 1.65 bits per heavy atom. The van der Waals surface area contributed by atoms with E-state index >= 15 is 0 Å². The van der Waals surface area contributed by atoms with E-state index in [1.807, 2.05) is 12.1 Å². The molecule has 7 heteroatoms. The van der Waals surface area contributed by atoms with Gasteiger partial charge in [-0.1, -0.05) is 46.0 Å². The van der Waals surface area contributed by atoms with Gasteiger partial charge in [-0.05, 0) is 61.6 Å². The van der Waals surface area contributed by atoms with E-state index in [1.165, 1.54) is 38.5 Å². The molecule has 2 atom stereocenters. The zero-order chi connectivity index (χ0) is 24.3. The highest BCUT2D eigenvalue weighted by Crippen LogP contribution is 2.45. The molecular formula is C27H44ClN3O3. The smallest absolute Gasteiger partial charge is 0.203 e. The van der Waals surface area contributed by atoms with Crippen LogP contribution in [0.3, 0.4) is 0 Å². The van der Waals surface area contributed by atoms with Gasteiger partial charge in [-0.2, -0.15) is 15.5 Å². The average Bonchev–Trinajstić information content (AvgIpc) is 2.84. The summed E-state index contributed by atoms with van der Waals surface area (Å²) < 4.78 is 16.6. The van der Waals surface area contributed by atoms with Gasteiger partial charge in [-0.15, -0.1) is 12.4 Å². The fourth-order valence-electron chi connectivity index (χ4n) is 5.30. The number of azo groups is 1. The van der Waals surface area contributed by atoms with E-state index < -0.39 is 5.41 Å². The zero-order valence-corrected chi connectivity index (χ0v) is 22.7. The van der Waals surface area contributed by atoms with Gasteiger partial charge in [-0.25, -0.2) is 0 Å². The second kappa shape index (κ2) is 15.1. The molecule has 1 saturated carbocycles. The number of nitrogens with zero attached hydrogens (tertiary/aromatic N) is 3. The number of rotatable bonds is 13. The van der Waals surface area contributed by atoms with Gasteiger partial charge in [0.1, 0.15) is 0 Å². The van der Waals surface area contributed by atoms with Gasteiger partial charge >= 0.3 is 0 Å². The molecule has 2 rings (SSSR count). The molecule has 0 radical (unpaired) electrons. The maximum atomic E-state index is 10.4. The SMILES string of the molecule is CN=N[C@H](CCCC(C#N)(c1cc(OC)c(OC)c(OC)c1)C(C)C)CCC1CCCCC1.Cl. The van der Waals surface area contributed by atoms with Crippen molar-refractivity contribution < 1.29 is 14.2 Å². The van der Waals surface area contributed by atoms with Crippen LogP contribution in [0.1, 0.15) is 83.6 Å². The second-order valence-electron chi connectivity index (χ2n) is 9.59. The van der Waals surface area contributed by atoms with Crippen LogP contribution in [-0.2, 0) is 5.41 Å². The van der Waals surface area contributed by atoms with Gasteiger partial charge in [0.25, 0.3) is 0 Å². The zero-order valence-electron chi connectivity index (χ0n) is 21.9. The lowest BCUT2D eigenvalue weighted by Gasteiger charge is -2.32. The Labute approximate surface area is 212 Å². The number of hydrogen-bond donors (Lipinski definition) is 0. The summed E-state index contributed by atoms with van der Waals surface area (Å²) in [6.07, 6.45) is 11.8. The lowest BCUT2D eigenvalue weighted by molar-refractivity contribution is 0.306. The molecule has 1 fully saturated rings. The van der Waals surface area contributed by atoms with Crippen LogP contribution in [0.5, 0.6) is 17.2 Å². The predicted molar refractivity (Wildman–Crippen MR) is 140 cm³/mol. The van der Waals surface area contributed by atoms with Crippen molar-refractivity contribution in [2.75, 3.05) is 28.4 Å². The Kier molecular flexibility index (Phi) is 13.3. The summed E-state index contributed by atoms with van der Waals surface area (Å²) in [5, 5.41) is 19.0. The molecule has 0 saturated heterocycles. The van der Waals surface area contributed by atoms with Crippen LogP contribution < -0.4 is 14.2 Å². The number of halogens is 1. The molecule has 0 aromatic heterocycles. The van der Waals surface area contributed by atoms with E-state index in [0.717, 1.165) is 37.2 Å². The number of nitriles is 1. The van der Waals surface area contributed by atoms with Crippen molar-refractivity contribution in [3.05, 3.63) is 17.7 Å². The Morgan fingerprint density at radius 3 is 2.12 bits per heavy atom. The molecule has 0 spiro atoms. The van der Waals surface area contributed by atoms with Crippen molar-refractivity contribution in [1.82, 2.24) is 0 Å². The minimum atomic E-state index is -0.649. The first-order valence-electron chi connectivity index (χ1n) is 12.5. The van der Waals surface area contributed by atoms with Gasteiger partial charge in [0, 0.05) is 7.05 Å². The fraction of sp³-hybridized carbons (Fsp3) is 0.741. The molecule has 0 heterocycles. The van der Waals surface area contributed by atoms with E-state index in [0.29, 0.717) is 17.2 Å². The van der Waals surface area contributed by atoms with Crippen molar-refractivity contribution in [3.63, 3.8) is 0 Å². The molecule has 6 nitrogen and oxygen atoms in total. The number of ether oxygens (including phenoxy) is 3. The first kappa shape index (κ1) is 30.0. The molecule has 1 unspecified atom stereocenters. The summed E-state index contributed by atoms with van der Waals surface area (Å²) in [5.41, 5.74) is 0.259. The van der Waals surface area contributed by atoms with E-state index in [9.17, 15) is 5.26 Å². The van der Waals surface area contributed by atoms with Crippen molar-refractivity contribution >= 4 is 12.4 Å². The van der Waals surface area contributed by atoms with Crippen LogP contribution in [0, 0.1) is 23.2 Å². The highest BCUT2D eigenvalue weighted by molar-refractivity contribution is 5.85. The van der Waals surface area contributed by atoms with E-state index in [2.05, 4.69) is 30.1 Å². The second-order valence-corrected chi connectivity index (χ2v) is 9.59. The average molecular weight is 494 g/mol. The summed E-state index contributed by atoms with van der Waals surface area (Å²) in [6, 6.07) is 6.75. The van der Waals surface area contributed by atoms with E-state index in [4.69, 9.17) is 14.2 Å². The maximum absolute atomic E-state index is 10.4.